The van der Waals surface area contributed by atoms with E-state index in [-0.39, 0.29) is 12.5 Å². The number of nitrogens with one attached hydrogen (secondary N) is 1. The van der Waals surface area contributed by atoms with Gasteiger partial charge in [-0.25, -0.2) is 0 Å². The van der Waals surface area contributed by atoms with Crippen LogP contribution in [0.3, 0.4) is 0 Å². The van der Waals surface area contributed by atoms with E-state index in [9.17, 15) is 15.0 Å². The van der Waals surface area contributed by atoms with Crippen LogP contribution in [-0.4, -0.2) is 34.9 Å². The monoisotopic (exact) mass is 656 g/mol. The highest BCUT2D eigenvalue weighted by molar-refractivity contribution is 5.76. The number of carbonyl (C=O) groups is 1. The predicted molar refractivity (Wildman–Crippen MR) is 207 cm³/mol. The van der Waals surface area contributed by atoms with Crippen molar-refractivity contribution < 1.29 is 15.0 Å². The van der Waals surface area contributed by atoms with Gasteiger partial charge in [-0.05, 0) is 57.8 Å². The summed E-state index contributed by atoms with van der Waals surface area (Å²) in [6, 6.07) is -0.543. The molecule has 0 radical (unpaired) electrons. The van der Waals surface area contributed by atoms with E-state index in [1.54, 1.807) is 0 Å². The number of allylic oxidation sites excluding steroid dienone is 10. The second-order valence-corrected chi connectivity index (χ2v) is 13.3. The fourth-order valence-corrected chi connectivity index (χ4v) is 5.74. The minimum Gasteiger partial charge on any atom is -0.394 e. The maximum Gasteiger partial charge on any atom is 0.220 e. The van der Waals surface area contributed by atoms with Gasteiger partial charge in [-0.3, -0.25) is 4.79 Å². The summed E-state index contributed by atoms with van der Waals surface area (Å²) in [4.78, 5) is 12.4. The molecule has 0 heterocycles. The second-order valence-electron chi connectivity index (χ2n) is 13.3. The molecule has 272 valence electrons. The normalized spacial score (nSPS) is 13.7. The van der Waals surface area contributed by atoms with Crippen molar-refractivity contribution in [2.24, 2.45) is 0 Å². The molecule has 0 saturated carbocycles. The predicted octanol–water partition coefficient (Wildman–Crippen LogP) is 12.2. The molecule has 0 aromatic rings. The number of aliphatic hydroxyl groups is 2. The molecule has 0 spiro atoms. The van der Waals surface area contributed by atoms with Gasteiger partial charge in [-0.15, -0.1) is 0 Å². The molecule has 4 nitrogen and oxygen atoms in total. The molecule has 0 aliphatic carbocycles. The molecule has 3 N–H and O–H groups in total. The summed E-state index contributed by atoms with van der Waals surface area (Å²) in [6.45, 7) is 4.22. The third-order valence-electron chi connectivity index (χ3n) is 8.79. The number of amides is 1. The fourth-order valence-electron chi connectivity index (χ4n) is 5.74. The van der Waals surface area contributed by atoms with Crippen LogP contribution >= 0.6 is 0 Å². The van der Waals surface area contributed by atoms with Crippen molar-refractivity contribution in [3.8, 4) is 0 Å². The zero-order valence-electron chi connectivity index (χ0n) is 31.0. The zero-order valence-corrected chi connectivity index (χ0v) is 31.0. The Hall–Kier alpha value is -1.91. The Morgan fingerprint density at radius 2 is 0.936 bits per heavy atom. The third kappa shape index (κ3) is 35.2. The summed E-state index contributed by atoms with van der Waals surface area (Å²) in [6.07, 6.45) is 52.8. The molecule has 0 fully saturated rings. The minimum absolute atomic E-state index is 0.0464. The van der Waals surface area contributed by atoms with Crippen LogP contribution in [0.2, 0.25) is 0 Å². The van der Waals surface area contributed by atoms with Gasteiger partial charge in [0.2, 0.25) is 5.91 Å². The molecule has 0 aliphatic rings. The average Bonchev–Trinajstić information content (AvgIpc) is 3.07. The molecular weight excluding hydrogens is 578 g/mol. The number of aliphatic hydroxyl groups excluding tert-OH is 2. The molecule has 1 amide bonds. The Morgan fingerprint density at radius 1 is 0.532 bits per heavy atom. The maximum absolute atomic E-state index is 12.4. The van der Waals surface area contributed by atoms with Crippen molar-refractivity contribution in [1.29, 1.82) is 0 Å². The second kappa shape index (κ2) is 38.5. The van der Waals surface area contributed by atoms with Gasteiger partial charge in [0, 0.05) is 6.42 Å². The van der Waals surface area contributed by atoms with E-state index < -0.39 is 12.1 Å². The van der Waals surface area contributed by atoms with E-state index >= 15 is 0 Å². The van der Waals surface area contributed by atoms with Crippen molar-refractivity contribution in [1.82, 2.24) is 5.32 Å². The van der Waals surface area contributed by atoms with Gasteiger partial charge in [0.1, 0.15) is 0 Å². The molecule has 4 heteroatoms. The maximum atomic E-state index is 12.4. The van der Waals surface area contributed by atoms with Gasteiger partial charge in [0.05, 0.1) is 18.8 Å². The van der Waals surface area contributed by atoms with Crippen molar-refractivity contribution in [3.63, 3.8) is 0 Å². The van der Waals surface area contributed by atoms with Gasteiger partial charge in [0.15, 0.2) is 0 Å². The lowest BCUT2D eigenvalue weighted by atomic mass is 10.0. The van der Waals surface area contributed by atoms with Crippen LogP contribution in [0.5, 0.6) is 0 Å². The first-order chi connectivity index (χ1) is 23.2. The van der Waals surface area contributed by atoms with Crippen molar-refractivity contribution >= 4 is 5.91 Å². The summed E-state index contributed by atoms with van der Waals surface area (Å²) >= 11 is 0. The van der Waals surface area contributed by atoms with E-state index in [0.717, 1.165) is 64.2 Å². The van der Waals surface area contributed by atoms with E-state index in [1.807, 2.05) is 0 Å². The van der Waals surface area contributed by atoms with Crippen LogP contribution < -0.4 is 5.32 Å². The first kappa shape index (κ1) is 45.1. The highest BCUT2D eigenvalue weighted by atomic mass is 16.3. The summed E-state index contributed by atoms with van der Waals surface area (Å²) in [5.74, 6) is -0.0464. The van der Waals surface area contributed by atoms with Gasteiger partial charge < -0.3 is 15.5 Å². The van der Waals surface area contributed by atoms with E-state index in [2.05, 4.69) is 79.9 Å². The van der Waals surface area contributed by atoms with Crippen LogP contribution in [-0.2, 0) is 4.79 Å². The topological polar surface area (TPSA) is 69.6 Å². The Balaban J connectivity index is 3.61. The number of hydrogen-bond donors (Lipinski definition) is 3. The summed E-state index contributed by atoms with van der Waals surface area (Å²) in [7, 11) is 0. The van der Waals surface area contributed by atoms with Crippen LogP contribution in [0.15, 0.2) is 60.8 Å². The van der Waals surface area contributed by atoms with Crippen LogP contribution in [0.4, 0.5) is 0 Å². The van der Waals surface area contributed by atoms with E-state index in [0.29, 0.717) is 12.8 Å². The fraction of sp³-hybridized carbons (Fsp3) is 0.744. The highest BCUT2D eigenvalue weighted by Crippen LogP contribution is 2.14. The van der Waals surface area contributed by atoms with E-state index in [4.69, 9.17) is 0 Å². The third-order valence-corrected chi connectivity index (χ3v) is 8.79. The highest BCUT2D eigenvalue weighted by Gasteiger charge is 2.19. The first-order valence-corrected chi connectivity index (χ1v) is 20.0. The van der Waals surface area contributed by atoms with E-state index in [1.165, 1.54) is 96.3 Å². The molecule has 0 aromatic carbocycles. The van der Waals surface area contributed by atoms with Gasteiger partial charge in [0.25, 0.3) is 0 Å². The molecule has 0 saturated heterocycles. The van der Waals surface area contributed by atoms with Crippen LogP contribution in [0.25, 0.3) is 0 Å². The molecule has 2 unspecified atom stereocenters. The molecule has 0 aromatic heterocycles. The Kier molecular flexibility index (Phi) is 37.0. The Bertz CT molecular complexity index is 797. The lowest BCUT2D eigenvalue weighted by Gasteiger charge is -2.22. The number of hydrogen-bond acceptors (Lipinski definition) is 3. The Morgan fingerprint density at radius 3 is 1.40 bits per heavy atom. The minimum atomic E-state index is -0.665. The number of carbonyl (C=O) groups excluding carboxylic acids is 1. The van der Waals surface area contributed by atoms with Crippen molar-refractivity contribution in [3.05, 3.63) is 60.8 Å². The molecule has 0 bridgehead atoms. The quantitative estimate of drug-likeness (QED) is 0.0470. The smallest absolute Gasteiger partial charge is 0.220 e. The lowest BCUT2D eigenvalue weighted by Crippen LogP contribution is -2.45. The SMILES string of the molecule is CC/C=C\C/C=C\C/C=C\C/C=C\C/C=C\CCCCCCCCCC(=O)NC(CO)C(O)CCCCCCCCCCCCCC. The summed E-state index contributed by atoms with van der Waals surface area (Å²) in [5.41, 5.74) is 0. The van der Waals surface area contributed by atoms with Gasteiger partial charge >= 0.3 is 0 Å². The average molecular weight is 656 g/mol. The number of rotatable bonds is 35. The van der Waals surface area contributed by atoms with Crippen LogP contribution in [0, 0.1) is 0 Å². The largest absolute Gasteiger partial charge is 0.394 e. The van der Waals surface area contributed by atoms with Crippen LogP contribution in [0.1, 0.15) is 187 Å². The first-order valence-electron chi connectivity index (χ1n) is 20.0. The molecule has 2 atom stereocenters. The van der Waals surface area contributed by atoms with Crippen molar-refractivity contribution in [2.75, 3.05) is 6.61 Å². The molecule has 47 heavy (non-hydrogen) atoms. The Labute approximate surface area is 292 Å². The molecular formula is C43H77NO3. The standard InChI is InChI=1S/C43H77NO3/c1-3-5-7-9-11-13-15-17-18-19-20-21-22-23-24-25-26-27-29-31-33-35-37-39-43(47)44-41(40-45)42(46)38-36-34-32-30-28-16-14-12-10-8-6-4-2/h5,7,11,13,17-18,20-21,23-24,41-42,45-46H,3-4,6,8-10,12,14-16,19,22,25-40H2,1-2H3,(H,44,47)/b7-5-,13-11-,18-17-,21-20-,24-23-. The lowest BCUT2D eigenvalue weighted by molar-refractivity contribution is -0.123. The summed E-state index contributed by atoms with van der Waals surface area (Å²) < 4.78 is 0. The number of unbranched alkanes of at least 4 members (excludes halogenated alkanes) is 18. The van der Waals surface area contributed by atoms with Crippen molar-refractivity contribution in [2.45, 2.75) is 199 Å². The van der Waals surface area contributed by atoms with Gasteiger partial charge in [-0.1, -0.05) is 184 Å². The molecule has 0 aliphatic heterocycles. The zero-order chi connectivity index (χ0) is 34.3. The van der Waals surface area contributed by atoms with Gasteiger partial charge in [-0.2, -0.15) is 0 Å². The summed E-state index contributed by atoms with van der Waals surface area (Å²) in [5, 5.41) is 23.1. The molecule has 0 rings (SSSR count).